The van der Waals surface area contributed by atoms with E-state index in [-0.39, 0.29) is 30.3 Å². The van der Waals surface area contributed by atoms with Gasteiger partial charge in [-0.15, -0.1) is 13.2 Å². The van der Waals surface area contributed by atoms with Gasteiger partial charge in [-0.2, -0.15) is 4.98 Å². The highest BCUT2D eigenvalue weighted by molar-refractivity contribution is 5.78. The Morgan fingerprint density at radius 2 is 2.04 bits per heavy atom. The maximum absolute atomic E-state index is 12.3. The van der Waals surface area contributed by atoms with Gasteiger partial charge in [-0.25, -0.2) is 0 Å². The van der Waals surface area contributed by atoms with Crippen molar-refractivity contribution in [3.8, 4) is 5.75 Å². The zero-order chi connectivity index (χ0) is 20.3. The van der Waals surface area contributed by atoms with E-state index in [0.717, 1.165) is 0 Å². The number of carbonyl (C=O) groups excluding carboxylic acids is 1. The first kappa shape index (κ1) is 20.1. The minimum Gasteiger partial charge on any atom is -0.406 e. The summed E-state index contributed by atoms with van der Waals surface area (Å²) in [6.07, 6.45) is -3.84. The predicted molar refractivity (Wildman–Crippen MR) is 91.9 cm³/mol. The molecule has 28 heavy (non-hydrogen) atoms. The molecule has 1 atom stereocenters. The van der Waals surface area contributed by atoms with Crippen molar-refractivity contribution in [2.75, 3.05) is 0 Å². The summed E-state index contributed by atoms with van der Waals surface area (Å²) >= 11 is 0. The lowest BCUT2D eigenvalue weighted by molar-refractivity contribution is -0.274. The fraction of sp³-hybridized carbons (Fsp3) is 0.500. The number of hydrogen-bond donors (Lipinski definition) is 1. The molecule has 1 aliphatic heterocycles. The monoisotopic (exact) mass is 398 g/mol. The molecule has 1 aliphatic rings. The first-order valence-electron chi connectivity index (χ1n) is 8.91. The molecule has 2 aromatic rings. The van der Waals surface area contributed by atoms with Crippen molar-refractivity contribution in [2.24, 2.45) is 0 Å². The van der Waals surface area contributed by atoms with Crippen LogP contribution in [0.15, 0.2) is 28.8 Å². The van der Waals surface area contributed by atoms with Crippen LogP contribution < -0.4 is 10.1 Å². The summed E-state index contributed by atoms with van der Waals surface area (Å²) in [5.74, 6) is 0.500. The van der Waals surface area contributed by atoms with Crippen molar-refractivity contribution in [2.45, 2.75) is 58.2 Å². The minimum atomic E-state index is -4.74. The van der Waals surface area contributed by atoms with Crippen molar-refractivity contribution in [3.05, 3.63) is 41.5 Å². The van der Waals surface area contributed by atoms with Crippen LogP contribution in [0.5, 0.6) is 5.75 Å². The molecule has 0 aliphatic carbocycles. The SMILES string of the molecule is CC(C)NCc1noc([C@@H]2CCC(=O)N2Cc2ccc(OC(F)(F)F)cc2)n1. The Bertz CT molecular complexity index is 805. The number of hydrogen-bond acceptors (Lipinski definition) is 6. The molecular formula is C18H21F3N4O3. The number of rotatable bonds is 7. The van der Waals surface area contributed by atoms with Crippen LogP contribution in [0.1, 0.15) is 50.0 Å². The summed E-state index contributed by atoms with van der Waals surface area (Å²) in [5.41, 5.74) is 0.677. The Balaban J connectivity index is 1.67. The average Bonchev–Trinajstić information content (AvgIpc) is 3.21. The molecule has 1 amide bonds. The highest BCUT2D eigenvalue weighted by Gasteiger charge is 2.36. The predicted octanol–water partition coefficient (Wildman–Crippen LogP) is 3.33. The third kappa shape index (κ3) is 5.22. The number of likely N-dealkylation sites (tertiary alicyclic amines) is 1. The zero-order valence-electron chi connectivity index (χ0n) is 15.5. The number of carbonyl (C=O) groups is 1. The molecule has 152 valence electrons. The Morgan fingerprint density at radius 3 is 2.68 bits per heavy atom. The summed E-state index contributed by atoms with van der Waals surface area (Å²) in [5, 5.41) is 7.12. The van der Waals surface area contributed by atoms with Gasteiger partial charge in [-0.3, -0.25) is 4.79 Å². The molecule has 7 nitrogen and oxygen atoms in total. The molecule has 1 saturated heterocycles. The molecule has 0 spiro atoms. The van der Waals surface area contributed by atoms with Gasteiger partial charge in [0.15, 0.2) is 5.82 Å². The molecule has 0 radical (unpaired) electrons. The summed E-state index contributed by atoms with van der Waals surface area (Å²) in [7, 11) is 0. The molecule has 2 heterocycles. The summed E-state index contributed by atoms with van der Waals surface area (Å²) in [6, 6.07) is 5.36. The number of halogens is 3. The van der Waals surface area contributed by atoms with Crippen LogP contribution in [0.3, 0.4) is 0 Å². The number of aromatic nitrogens is 2. The highest BCUT2D eigenvalue weighted by Crippen LogP contribution is 2.33. The number of nitrogens with one attached hydrogen (secondary N) is 1. The molecule has 0 unspecified atom stereocenters. The summed E-state index contributed by atoms with van der Waals surface area (Å²) < 4.78 is 46.0. The largest absolute Gasteiger partial charge is 0.573 e. The topological polar surface area (TPSA) is 80.5 Å². The maximum Gasteiger partial charge on any atom is 0.573 e. The van der Waals surface area contributed by atoms with Gasteiger partial charge in [0.1, 0.15) is 11.8 Å². The minimum absolute atomic E-state index is 0.0688. The van der Waals surface area contributed by atoms with Crippen LogP contribution in [0.2, 0.25) is 0 Å². The lowest BCUT2D eigenvalue weighted by Gasteiger charge is -2.22. The summed E-state index contributed by atoms with van der Waals surface area (Å²) in [6.45, 7) is 4.70. The van der Waals surface area contributed by atoms with Crippen LogP contribution in [0.4, 0.5) is 13.2 Å². The van der Waals surface area contributed by atoms with Crippen LogP contribution in [0.25, 0.3) is 0 Å². The number of benzene rings is 1. The highest BCUT2D eigenvalue weighted by atomic mass is 19.4. The fourth-order valence-electron chi connectivity index (χ4n) is 2.95. The number of alkyl halides is 3. The van der Waals surface area contributed by atoms with E-state index in [1.54, 1.807) is 4.90 Å². The van der Waals surface area contributed by atoms with E-state index in [9.17, 15) is 18.0 Å². The smallest absolute Gasteiger partial charge is 0.406 e. The molecule has 1 aromatic heterocycles. The van der Waals surface area contributed by atoms with Gasteiger partial charge in [0.25, 0.3) is 0 Å². The first-order valence-corrected chi connectivity index (χ1v) is 8.91. The van der Waals surface area contributed by atoms with Crippen molar-refractivity contribution in [1.82, 2.24) is 20.4 Å². The molecule has 1 fully saturated rings. The zero-order valence-corrected chi connectivity index (χ0v) is 15.5. The molecule has 0 bridgehead atoms. The third-order valence-corrected chi connectivity index (χ3v) is 4.28. The van der Waals surface area contributed by atoms with Crippen molar-refractivity contribution < 1.29 is 27.2 Å². The van der Waals surface area contributed by atoms with E-state index in [2.05, 4.69) is 20.2 Å². The number of amides is 1. The second-order valence-corrected chi connectivity index (χ2v) is 6.85. The van der Waals surface area contributed by atoms with Gasteiger partial charge in [-0.05, 0) is 24.1 Å². The Morgan fingerprint density at radius 1 is 1.32 bits per heavy atom. The first-order chi connectivity index (χ1) is 13.2. The second kappa shape index (κ2) is 8.17. The van der Waals surface area contributed by atoms with Gasteiger partial charge in [0.2, 0.25) is 11.8 Å². The molecule has 1 aromatic carbocycles. The van der Waals surface area contributed by atoms with Crippen LogP contribution in [-0.2, 0) is 17.9 Å². The van der Waals surface area contributed by atoms with Gasteiger partial charge >= 0.3 is 6.36 Å². The molecule has 1 N–H and O–H groups in total. The lowest BCUT2D eigenvalue weighted by atomic mass is 10.1. The fourth-order valence-corrected chi connectivity index (χ4v) is 2.95. The van der Waals surface area contributed by atoms with Gasteiger partial charge in [-0.1, -0.05) is 31.1 Å². The van der Waals surface area contributed by atoms with Crippen molar-refractivity contribution in [3.63, 3.8) is 0 Å². The normalized spacial score (nSPS) is 17.6. The molecule has 0 saturated carbocycles. The van der Waals surface area contributed by atoms with Crippen LogP contribution >= 0.6 is 0 Å². The number of ether oxygens (including phenoxy) is 1. The van der Waals surface area contributed by atoms with Gasteiger partial charge in [0, 0.05) is 19.0 Å². The van der Waals surface area contributed by atoms with E-state index in [4.69, 9.17) is 4.52 Å². The van der Waals surface area contributed by atoms with Gasteiger partial charge < -0.3 is 19.5 Å². The van der Waals surface area contributed by atoms with E-state index in [1.807, 2.05) is 13.8 Å². The molecular weight excluding hydrogens is 377 g/mol. The van der Waals surface area contributed by atoms with Gasteiger partial charge in [0.05, 0.1) is 6.54 Å². The van der Waals surface area contributed by atoms with Crippen molar-refractivity contribution in [1.29, 1.82) is 0 Å². The second-order valence-electron chi connectivity index (χ2n) is 6.85. The van der Waals surface area contributed by atoms with Crippen LogP contribution in [0, 0.1) is 0 Å². The number of nitrogens with zero attached hydrogens (tertiary/aromatic N) is 3. The lowest BCUT2D eigenvalue weighted by Crippen LogP contribution is -2.27. The standard InChI is InChI=1S/C18H21F3N4O3/c1-11(2)22-9-15-23-17(28-24-15)14-7-8-16(26)25(14)10-12-3-5-13(6-4-12)27-18(19,20)21/h3-6,11,14,22H,7-10H2,1-2H3/t14-/m0/s1. The Hall–Kier alpha value is -2.62. The Kier molecular flexibility index (Phi) is 5.87. The van der Waals surface area contributed by atoms with Crippen molar-refractivity contribution >= 4 is 5.91 Å². The third-order valence-electron chi connectivity index (χ3n) is 4.28. The molecule has 3 rings (SSSR count). The van der Waals surface area contributed by atoms with E-state index >= 15 is 0 Å². The van der Waals surface area contributed by atoms with E-state index in [1.165, 1.54) is 24.3 Å². The maximum atomic E-state index is 12.3. The van der Waals surface area contributed by atoms with E-state index < -0.39 is 6.36 Å². The van der Waals surface area contributed by atoms with E-state index in [0.29, 0.717) is 36.7 Å². The quantitative estimate of drug-likeness (QED) is 0.771. The summed E-state index contributed by atoms with van der Waals surface area (Å²) in [4.78, 5) is 18.3. The average molecular weight is 398 g/mol. The Labute approximate surface area is 159 Å². The molecule has 10 heteroatoms. The van der Waals surface area contributed by atoms with Crippen LogP contribution in [-0.4, -0.2) is 33.4 Å².